The van der Waals surface area contributed by atoms with Crippen LogP contribution in [0.1, 0.15) is 0 Å². The van der Waals surface area contributed by atoms with Gasteiger partial charge in [0.2, 0.25) is 0 Å². The molecule has 68 valence electrons. The quantitative estimate of drug-likeness (QED) is 0.639. The zero-order chi connectivity index (χ0) is 9.38. The number of para-hydroxylation sites is 1. The Morgan fingerprint density at radius 2 is 2.14 bits per heavy atom. The van der Waals surface area contributed by atoms with Crippen molar-refractivity contribution in [2.75, 3.05) is 4.90 Å². The summed E-state index contributed by atoms with van der Waals surface area (Å²) in [6.07, 6.45) is 5.68. The van der Waals surface area contributed by atoms with Crippen molar-refractivity contribution >= 4 is 23.7 Å². The number of allylic oxidation sites excluding steroid dienone is 1. The molecular weight excluding hydrogens is 192 g/mol. The minimum Gasteiger partial charge on any atom is -0.312 e. The maximum Gasteiger partial charge on any atom is 0.0706 e. The number of benzene rings is 1. The first kappa shape index (κ1) is 7.88. The molecule has 3 rings (SSSR count). The third kappa shape index (κ3) is 1.09. The third-order valence-electron chi connectivity index (χ3n) is 2.22. The molecule has 2 heterocycles. The van der Waals surface area contributed by atoms with E-state index in [9.17, 15) is 0 Å². The topological polar surface area (TPSA) is 15.6 Å². The van der Waals surface area contributed by atoms with Crippen molar-refractivity contribution in [3.05, 3.63) is 47.8 Å². The van der Waals surface area contributed by atoms with Gasteiger partial charge in [-0.15, -0.1) is 0 Å². The highest BCUT2D eigenvalue weighted by atomic mass is 32.2. The SMILES string of the molecule is C1=CN2C(=CSc3ccccc32)C=N1. The van der Waals surface area contributed by atoms with Gasteiger partial charge in [-0.2, -0.15) is 0 Å². The zero-order valence-electron chi connectivity index (χ0n) is 7.42. The van der Waals surface area contributed by atoms with Crippen LogP contribution in [0.4, 0.5) is 5.69 Å². The van der Waals surface area contributed by atoms with Gasteiger partial charge in [0.15, 0.2) is 0 Å². The lowest BCUT2D eigenvalue weighted by atomic mass is 10.2. The highest BCUT2D eigenvalue weighted by Gasteiger charge is 2.17. The van der Waals surface area contributed by atoms with Gasteiger partial charge < -0.3 is 4.90 Å². The summed E-state index contributed by atoms with van der Waals surface area (Å²) >= 11 is 1.75. The second-order valence-corrected chi connectivity index (χ2v) is 3.99. The number of fused-ring (bicyclic) bond motifs is 3. The van der Waals surface area contributed by atoms with E-state index in [-0.39, 0.29) is 0 Å². The monoisotopic (exact) mass is 200 g/mol. The lowest BCUT2D eigenvalue weighted by Crippen LogP contribution is -2.20. The molecule has 2 nitrogen and oxygen atoms in total. The van der Waals surface area contributed by atoms with Crippen molar-refractivity contribution in [1.29, 1.82) is 0 Å². The van der Waals surface area contributed by atoms with Crippen molar-refractivity contribution in [1.82, 2.24) is 0 Å². The van der Waals surface area contributed by atoms with Crippen LogP contribution in [0.25, 0.3) is 0 Å². The summed E-state index contributed by atoms with van der Waals surface area (Å²) in [6.45, 7) is 0. The van der Waals surface area contributed by atoms with Crippen molar-refractivity contribution in [2.45, 2.75) is 4.90 Å². The van der Waals surface area contributed by atoms with E-state index in [1.807, 2.05) is 18.6 Å². The van der Waals surface area contributed by atoms with E-state index >= 15 is 0 Å². The van der Waals surface area contributed by atoms with Gasteiger partial charge >= 0.3 is 0 Å². The number of nitrogens with zero attached hydrogens (tertiary/aromatic N) is 2. The van der Waals surface area contributed by atoms with E-state index in [2.05, 4.69) is 39.6 Å². The summed E-state index contributed by atoms with van der Waals surface area (Å²) in [7, 11) is 0. The first-order chi connectivity index (χ1) is 6.95. The van der Waals surface area contributed by atoms with Gasteiger partial charge in [-0.25, -0.2) is 0 Å². The van der Waals surface area contributed by atoms with Gasteiger partial charge in [0.1, 0.15) is 0 Å². The molecule has 14 heavy (non-hydrogen) atoms. The Balaban J connectivity index is 2.15. The van der Waals surface area contributed by atoms with Gasteiger partial charge in [-0.1, -0.05) is 23.9 Å². The van der Waals surface area contributed by atoms with Crippen molar-refractivity contribution < 1.29 is 0 Å². The minimum absolute atomic E-state index is 1.14. The van der Waals surface area contributed by atoms with Crippen LogP contribution in [0.2, 0.25) is 0 Å². The fourth-order valence-corrected chi connectivity index (χ4v) is 2.43. The molecule has 0 radical (unpaired) electrons. The Hall–Kier alpha value is -1.48. The summed E-state index contributed by atoms with van der Waals surface area (Å²) in [5.74, 6) is 0. The van der Waals surface area contributed by atoms with Gasteiger partial charge in [-0.3, -0.25) is 4.99 Å². The third-order valence-corrected chi connectivity index (χ3v) is 3.18. The molecule has 0 fully saturated rings. The van der Waals surface area contributed by atoms with Crippen LogP contribution in [-0.2, 0) is 0 Å². The second kappa shape index (κ2) is 3.03. The van der Waals surface area contributed by atoms with Gasteiger partial charge in [0.05, 0.1) is 17.6 Å². The summed E-state index contributed by atoms with van der Waals surface area (Å²) in [5, 5.41) is 2.12. The Kier molecular flexibility index (Phi) is 1.70. The Morgan fingerprint density at radius 1 is 1.21 bits per heavy atom. The van der Waals surface area contributed by atoms with Crippen LogP contribution in [0.3, 0.4) is 0 Å². The fraction of sp³-hybridized carbons (Fsp3) is 0. The molecule has 0 aliphatic carbocycles. The molecule has 0 spiro atoms. The fourth-order valence-electron chi connectivity index (χ4n) is 1.56. The standard InChI is InChI=1S/C11H8N2S/c1-2-4-11-10(3-1)13-6-5-12-7-9(13)8-14-11/h1-8H. The number of rotatable bonds is 0. The van der Waals surface area contributed by atoms with E-state index in [0.29, 0.717) is 0 Å². The molecule has 0 bridgehead atoms. The summed E-state index contributed by atoms with van der Waals surface area (Å²) in [5.41, 5.74) is 2.37. The molecule has 2 aliphatic rings. The zero-order valence-corrected chi connectivity index (χ0v) is 8.24. The van der Waals surface area contributed by atoms with Crippen molar-refractivity contribution in [3.63, 3.8) is 0 Å². The number of hydrogen-bond donors (Lipinski definition) is 0. The molecule has 0 saturated carbocycles. The van der Waals surface area contributed by atoms with Crippen LogP contribution >= 0.6 is 11.8 Å². The average Bonchev–Trinajstić information content (AvgIpc) is 2.29. The maximum atomic E-state index is 4.11. The van der Waals surface area contributed by atoms with Crippen molar-refractivity contribution in [3.8, 4) is 0 Å². The van der Waals surface area contributed by atoms with Gasteiger partial charge in [-0.05, 0) is 12.1 Å². The number of anilines is 1. The lowest BCUT2D eigenvalue weighted by molar-refractivity contribution is 1.16. The van der Waals surface area contributed by atoms with E-state index in [4.69, 9.17) is 0 Å². The summed E-state index contributed by atoms with van der Waals surface area (Å²) < 4.78 is 0. The number of aliphatic imine (C=N–C) groups is 1. The molecular formula is C11H8N2S. The Morgan fingerprint density at radius 3 is 3.14 bits per heavy atom. The maximum absolute atomic E-state index is 4.11. The normalized spacial score (nSPS) is 17.4. The smallest absolute Gasteiger partial charge is 0.0706 e. The number of hydrogen-bond acceptors (Lipinski definition) is 3. The van der Waals surface area contributed by atoms with Gasteiger partial charge in [0, 0.05) is 22.7 Å². The van der Waals surface area contributed by atoms with Gasteiger partial charge in [0.25, 0.3) is 0 Å². The molecule has 0 saturated heterocycles. The van der Waals surface area contributed by atoms with Crippen LogP contribution < -0.4 is 4.90 Å². The highest BCUT2D eigenvalue weighted by molar-refractivity contribution is 8.02. The van der Waals surface area contributed by atoms with Crippen LogP contribution in [0.15, 0.2) is 57.7 Å². The molecule has 2 aliphatic heterocycles. The van der Waals surface area contributed by atoms with E-state index in [1.165, 1.54) is 10.6 Å². The molecule has 0 atom stereocenters. The second-order valence-electron chi connectivity index (χ2n) is 3.07. The van der Waals surface area contributed by atoms with Crippen molar-refractivity contribution in [2.24, 2.45) is 4.99 Å². The average molecular weight is 200 g/mol. The molecule has 0 aromatic heterocycles. The minimum atomic E-state index is 1.14. The summed E-state index contributed by atoms with van der Waals surface area (Å²) in [4.78, 5) is 7.55. The van der Waals surface area contributed by atoms with Crippen LogP contribution in [0, 0.1) is 0 Å². The molecule has 0 N–H and O–H groups in total. The predicted molar refractivity (Wildman–Crippen MR) is 60.5 cm³/mol. The molecule has 0 unspecified atom stereocenters. The highest BCUT2D eigenvalue weighted by Crippen LogP contribution is 2.38. The number of thioether (sulfide) groups is 1. The molecule has 1 aromatic rings. The predicted octanol–water partition coefficient (Wildman–Crippen LogP) is 3.00. The largest absolute Gasteiger partial charge is 0.312 e. The summed E-state index contributed by atoms with van der Waals surface area (Å²) in [6, 6.07) is 8.38. The first-order valence-electron chi connectivity index (χ1n) is 4.40. The first-order valence-corrected chi connectivity index (χ1v) is 5.28. The Labute approximate surface area is 86.6 Å². The lowest BCUT2D eigenvalue weighted by Gasteiger charge is -2.28. The van der Waals surface area contributed by atoms with E-state index < -0.39 is 0 Å². The molecule has 3 heteroatoms. The van der Waals surface area contributed by atoms with E-state index in [1.54, 1.807) is 11.8 Å². The van der Waals surface area contributed by atoms with Crippen LogP contribution in [0.5, 0.6) is 0 Å². The molecule has 1 aromatic carbocycles. The van der Waals surface area contributed by atoms with Crippen LogP contribution in [-0.4, -0.2) is 6.21 Å². The molecule has 0 amide bonds. The van der Waals surface area contributed by atoms with E-state index in [0.717, 1.165) is 5.70 Å². The Bertz CT molecular complexity index is 460.